The molecular weight excluding hydrogens is 286 g/mol. The summed E-state index contributed by atoms with van der Waals surface area (Å²) in [7, 11) is 0. The molecule has 0 aliphatic rings. The summed E-state index contributed by atoms with van der Waals surface area (Å²) in [5, 5.41) is 7.31. The number of benzene rings is 1. The highest BCUT2D eigenvalue weighted by molar-refractivity contribution is 7.08. The third-order valence-corrected chi connectivity index (χ3v) is 3.47. The van der Waals surface area contributed by atoms with E-state index in [1.54, 1.807) is 13.0 Å². The first-order valence-corrected chi connectivity index (χ1v) is 7.26. The molecule has 0 saturated carbocycles. The van der Waals surface area contributed by atoms with Crippen molar-refractivity contribution in [2.45, 2.75) is 6.92 Å². The molecule has 106 valence electrons. The number of thiophene rings is 1. The molecule has 2 aromatic rings. The molecule has 5 nitrogen and oxygen atoms in total. The maximum Gasteiger partial charge on any atom is 0.340 e. The van der Waals surface area contributed by atoms with Gasteiger partial charge in [-0.1, -0.05) is 35.4 Å². The molecule has 0 unspecified atom stereocenters. The van der Waals surface area contributed by atoms with Crippen LogP contribution in [0.4, 0.5) is 0 Å². The number of nitrogens with zero attached hydrogens (tertiary/aromatic N) is 3. The summed E-state index contributed by atoms with van der Waals surface area (Å²) >= 11 is 1.51. The van der Waals surface area contributed by atoms with Gasteiger partial charge in [-0.3, -0.25) is 0 Å². The lowest BCUT2D eigenvalue weighted by Crippen LogP contribution is -2.05. The molecule has 0 N–H and O–H groups in total. The maximum absolute atomic E-state index is 11.8. The van der Waals surface area contributed by atoms with Gasteiger partial charge in [-0.05, 0) is 46.0 Å². The highest BCUT2D eigenvalue weighted by Crippen LogP contribution is 2.29. The zero-order valence-electron chi connectivity index (χ0n) is 11.4. The molecule has 0 bridgehead atoms. The maximum atomic E-state index is 11.8. The minimum absolute atomic E-state index is 0.0464. The van der Waals surface area contributed by atoms with Crippen molar-refractivity contribution in [3.05, 3.63) is 62.8 Å². The molecule has 0 amide bonds. The van der Waals surface area contributed by atoms with Crippen LogP contribution in [0.5, 0.6) is 0 Å². The zero-order valence-corrected chi connectivity index (χ0v) is 12.2. The summed E-state index contributed by atoms with van der Waals surface area (Å²) in [4.78, 5) is 14.4. The molecule has 0 saturated heterocycles. The predicted molar refractivity (Wildman–Crippen MR) is 83.5 cm³/mol. The molecule has 21 heavy (non-hydrogen) atoms. The Balaban J connectivity index is 2.42. The fraction of sp³-hybridized carbons (Fsp3) is 0.133. The lowest BCUT2D eigenvalue weighted by atomic mass is 10.0. The number of hydrogen-bond donors (Lipinski definition) is 0. The van der Waals surface area contributed by atoms with Gasteiger partial charge in [0.1, 0.15) is 5.70 Å². The van der Waals surface area contributed by atoms with E-state index in [4.69, 9.17) is 10.3 Å². The second kappa shape index (κ2) is 7.28. The van der Waals surface area contributed by atoms with Crippen LogP contribution in [0.3, 0.4) is 0 Å². The van der Waals surface area contributed by atoms with Gasteiger partial charge < -0.3 is 4.74 Å². The monoisotopic (exact) mass is 299 g/mol. The van der Waals surface area contributed by atoms with Crippen molar-refractivity contribution in [2.75, 3.05) is 6.61 Å². The zero-order chi connectivity index (χ0) is 15.1. The largest absolute Gasteiger partial charge is 0.462 e. The first-order valence-electron chi connectivity index (χ1n) is 6.31. The summed E-state index contributed by atoms with van der Waals surface area (Å²) in [5.41, 5.74) is 11.4. The van der Waals surface area contributed by atoms with E-state index in [0.29, 0.717) is 0 Å². The Labute approximate surface area is 126 Å². The number of rotatable bonds is 5. The van der Waals surface area contributed by atoms with Gasteiger partial charge in [-0.15, -0.1) is 0 Å². The van der Waals surface area contributed by atoms with Gasteiger partial charge in [-0.2, -0.15) is 11.3 Å². The van der Waals surface area contributed by atoms with Crippen LogP contribution in [0.2, 0.25) is 0 Å². The van der Waals surface area contributed by atoms with Crippen LogP contribution >= 0.6 is 11.3 Å². The van der Waals surface area contributed by atoms with Gasteiger partial charge in [0.05, 0.1) is 6.61 Å². The highest BCUT2D eigenvalue weighted by Gasteiger charge is 2.11. The minimum Gasteiger partial charge on any atom is -0.462 e. The first-order chi connectivity index (χ1) is 10.3. The van der Waals surface area contributed by atoms with Gasteiger partial charge >= 0.3 is 5.97 Å². The van der Waals surface area contributed by atoms with E-state index < -0.39 is 5.97 Å². The molecule has 1 aromatic carbocycles. The fourth-order valence-corrected chi connectivity index (χ4v) is 2.62. The van der Waals surface area contributed by atoms with E-state index in [1.165, 1.54) is 11.3 Å². The fourth-order valence-electron chi connectivity index (χ4n) is 1.80. The number of carbonyl (C=O) groups excluding carboxylic acids is 1. The molecule has 0 aliphatic carbocycles. The van der Waals surface area contributed by atoms with Crippen LogP contribution in [0.15, 0.2) is 51.9 Å². The van der Waals surface area contributed by atoms with Crippen molar-refractivity contribution in [3.63, 3.8) is 0 Å². The van der Waals surface area contributed by atoms with E-state index in [2.05, 4.69) is 10.0 Å². The lowest BCUT2D eigenvalue weighted by Gasteiger charge is -2.03. The molecule has 1 aromatic heterocycles. The van der Waals surface area contributed by atoms with Crippen molar-refractivity contribution < 1.29 is 9.53 Å². The normalized spacial score (nSPS) is 10.8. The molecule has 0 atom stereocenters. The smallest absolute Gasteiger partial charge is 0.340 e. The third kappa shape index (κ3) is 3.72. The number of esters is 1. The van der Waals surface area contributed by atoms with Crippen molar-refractivity contribution in [3.8, 4) is 11.1 Å². The Hall–Kier alpha value is -2.56. The Morgan fingerprint density at radius 1 is 1.38 bits per heavy atom. The molecular formula is C15H13N3O2S. The van der Waals surface area contributed by atoms with E-state index >= 15 is 0 Å². The Kier molecular flexibility index (Phi) is 5.15. The summed E-state index contributed by atoms with van der Waals surface area (Å²) < 4.78 is 4.88. The van der Waals surface area contributed by atoms with Crippen LogP contribution in [0.25, 0.3) is 27.6 Å². The van der Waals surface area contributed by atoms with Crippen LogP contribution < -0.4 is 0 Å². The van der Waals surface area contributed by atoms with Gasteiger partial charge in [0.25, 0.3) is 0 Å². The van der Waals surface area contributed by atoms with Crippen LogP contribution in [-0.2, 0) is 9.53 Å². The summed E-state index contributed by atoms with van der Waals surface area (Å²) in [6.45, 7) is 1.93. The standard InChI is InChI=1S/C15H13N3O2S/c1-2-20-15(19)14(17-18-16)8-12-9-21-10-13(12)11-6-4-3-5-7-11/h3-10H,2H2,1H3/b14-8-. The van der Waals surface area contributed by atoms with E-state index in [1.807, 2.05) is 41.1 Å². The van der Waals surface area contributed by atoms with Crippen LogP contribution in [-0.4, -0.2) is 12.6 Å². The number of hydrogen-bond acceptors (Lipinski definition) is 4. The molecule has 2 rings (SSSR count). The molecule has 6 heteroatoms. The molecule has 0 fully saturated rings. The van der Waals surface area contributed by atoms with Crippen molar-refractivity contribution in [2.24, 2.45) is 5.11 Å². The van der Waals surface area contributed by atoms with E-state index in [9.17, 15) is 4.79 Å². The highest BCUT2D eigenvalue weighted by atomic mass is 32.1. The minimum atomic E-state index is -0.625. The molecule has 0 spiro atoms. The second-order valence-corrected chi connectivity index (χ2v) is 4.79. The molecule has 1 heterocycles. The quantitative estimate of drug-likeness (QED) is 0.265. The summed E-state index contributed by atoms with van der Waals surface area (Å²) in [5.74, 6) is -0.625. The lowest BCUT2D eigenvalue weighted by molar-refractivity contribution is -0.138. The van der Waals surface area contributed by atoms with Gasteiger partial charge in [0.15, 0.2) is 0 Å². The first kappa shape index (κ1) is 14.8. The van der Waals surface area contributed by atoms with Crippen molar-refractivity contribution in [1.82, 2.24) is 0 Å². The Bertz CT molecular complexity index is 701. The van der Waals surface area contributed by atoms with E-state index in [0.717, 1.165) is 16.7 Å². The second-order valence-electron chi connectivity index (χ2n) is 4.05. The Morgan fingerprint density at radius 3 is 2.81 bits per heavy atom. The predicted octanol–water partition coefficient (Wildman–Crippen LogP) is 4.63. The average Bonchev–Trinajstić information content (AvgIpc) is 2.96. The topological polar surface area (TPSA) is 75.1 Å². The average molecular weight is 299 g/mol. The van der Waals surface area contributed by atoms with Crippen molar-refractivity contribution >= 4 is 23.4 Å². The number of carbonyl (C=O) groups is 1. The summed E-state index contributed by atoms with van der Waals surface area (Å²) in [6, 6.07) is 9.80. The van der Waals surface area contributed by atoms with Gasteiger partial charge in [0, 0.05) is 4.91 Å². The number of ether oxygens (including phenoxy) is 1. The van der Waals surface area contributed by atoms with E-state index in [-0.39, 0.29) is 12.3 Å². The third-order valence-electron chi connectivity index (χ3n) is 2.71. The molecule has 0 radical (unpaired) electrons. The SMILES string of the molecule is CCOC(=O)/C(=C/c1cscc1-c1ccccc1)N=[N+]=[N-]. The number of azide groups is 1. The van der Waals surface area contributed by atoms with Crippen LogP contribution in [0, 0.1) is 0 Å². The summed E-state index contributed by atoms with van der Waals surface area (Å²) in [6.07, 6.45) is 1.55. The van der Waals surface area contributed by atoms with Gasteiger partial charge in [-0.25, -0.2) is 4.79 Å². The van der Waals surface area contributed by atoms with Crippen LogP contribution in [0.1, 0.15) is 12.5 Å². The van der Waals surface area contributed by atoms with Crippen molar-refractivity contribution in [1.29, 1.82) is 0 Å². The Morgan fingerprint density at radius 2 is 2.14 bits per heavy atom. The molecule has 0 aliphatic heterocycles. The van der Waals surface area contributed by atoms with Gasteiger partial charge in [0.2, 0.25) is 0 Å².